The van der Waals surface area contributed by atoms with E-state index in [9.17, 15) is 4.79 Å². The fourth-order valence-corrected chi connectivity index (χ4v) is 6.10. The minimum atomic E-state index is -0.121. The van der Waals surface area contributed by atoms with Crippen LogP contribution in [0.4, 0.5) is 0 Å². The average Bonchev–Trinajstić information content (AvgIpc) is 3.35. The summed E-state index contributed by atoms with van der Waals surface area (Å²) in [4.78, 5) is 29.0. The number of benzene rings is 4. The van der Waals surface area contributed by atoms with E-state index in [-0.39, 0.29) is 17.5 Å². The van der Waals surface area contributed by atoms with Gasteiger partial charge in [-0.05, 0) is 35.4 Å². The molecule has 2 atom stereocenters. The highest BCUT2D eigenvalue weighted by atomic mass is 16.1. The number of aliphatic imine (C=N–C) groups is 2. The van der Waals surface area contributed by atoms with Crippen LogP contribution in [0.1, 0.15) is 24.1 Å². The molecule has 7 aromatic rings. The molecule has 0 saturated heterocycles. The lowest BCUT2D eigenvalue weighted by Gasteiger charge is -2.28. The summed E-state index contributed by atoms with van der Waals surface area (Å²) in [7, 11) is 0. The predicted molar refractivity (Wildman–Crippen MR) is 166 cm³/mol. The summed E-state index contributed by atoms with van der Waals surface area (Å²) in [5.41, 5.74) is 6.24. The summed E-state index contributed by atoms with van der Waals surface area (Å²) >= 11 is 0. The molecule has 0 aliphatic carbocycles. The highest BCUT2D eigenvalue weighted by Crippen LogP contribution is 2.36. The summed E-state index contributed by atoms with van der Waals surface area (Å²) in [6.07, 6.45) is 1.89. The van der Waals surface area contributed by atoms with Crippen LogP contribution >= 0.6 is 0 Å². The highest BCUT2D eigenvalue weighted by Gasteiger charge is 2.30. The van der Waals surface area contributed by atoms with Crippen LogP contribution in [0.25, 0.3) is 38.4 Å². The Hall–Kier alpha value is -5.36. The van der Waals surface area contributed by atoms with Crippen LogP contribution in [-0.2, 0) is 0 Å². The Labute approximate surface area is 235 Å². The molecule has 1 aliphatic heterocycles. The molecular formula is C35H25N5O. The number of hydrogen-bond acceptors (Lipinski definition) is 4. The Morgan fingerprint density at radius 2 is 1.39 bits per heavy atom. The summed E-state index contributed by atoms with van der Waals surface area (Å²) in [5, 5.41) is 2.64. The van der Waals surface area contributed by atoms with Gasteiger partial charge in [-0.2, -0.15) is 0 Å². The van der Waals surface area contributed by atoms with Crippen molar-refractivity contribution >= 4 is 50.0 Å². The molecule has 6 heteroatoms. The Morgan fingerprint density at radius 3 is 2.20 bits per heavy atom. The number of rotatable bonds is 2. The number of para-hydroxylation sites is 2. The smallest absolute Gasteiger partial charge is 0.265 e. The van der Waals surface area contributed by atoms with E-state index in [1.165, 1.54) is 0 Å². The minimum Gasteiger partial charge on any atom is -0.277 e. The maximum absolute atomic E-state index is 13.6. The van der Waals surface area contributed by atoms with Crippen LogP contribution < -0.4 is 5.56 Å². The molecule has 0 radical (unpaired) electrons. The van der Waals surface area contributed by atoms with Crippen molar-refractivity contribution in [2.24, 2.45) is 15.9 Å². The lowest BCUT2D eigenvalue weighted by molar-refractivity contribution is 0.588. The van der Waals surface area contributed by atoms with Gasteiger partial charge in [0.25, 0.3) is 5.56 Å². The summed E-state index contributed by atoms with van der Waals surface area (Å²) in [6.45, 7) is 2.19. The molecule has 0 fully saturated rings. The van der Waals surface area contributed by atoms with Gasteiger partial charge in [0.2, 0.25) is 5.96 Å². The fourth-order valence-electron chi connectivity index (χ4n) is 6.10. The first-order chi connectivity index (χ1) is 20.2. The SMILES string of the molecule is CC1C(c2ccccc2)=NC(n2c3ccccc3c3cc4nc5ccccc5c(=O)n4cc32)=NC1c1ccccc1. The maximum Gasteiger partial charge on any atom is 0.265 e. The number of hydrogen-bond donors (Lipinski definition) is 0. The third-order valence-electron chi connectivity index (χ3n) is 8.10. The van der Waals surface area contributed by atoms with Gasteiger partial charge < -0.3 is 0 Å². The van der Waals surface area contributed by atoms with E-state index in [0.29, 0.717) is 22.5 Å². The van der Waals surface area contributed by atoms with Crippen LogP contribution in [0.15, 0.2) is 136 Å². The van der Waals surface area contributed by atoms with E-state index in [2.05, 4.69) is 60.0 Å². The van der Waals surface area contributed by atoms with Gasteiger partial charge in [0.15, 0.2) is 0 Å². The lowest BCUT2D eigenvalue weighted by atomic mass is 9.87. The van der Waals surface area contributed by atoms with Crippen LogP contribution in [0.5, 0.6) is 0 Å². The van der Waals surface area contributed by atoms with Crippen LogP contribution in [0, 0.1) is 5.92 Å². The quantitative estimate of drug-likeness (QED) is 0.225. The summed E-state index contributed by atoms with van der Waals surface area (Å²) < 4.78 is 3.74. The van der Waals surface area contributed by atoms with Gasteiger partial charge >= 0.3 is 0 Å². The molecule has 0 saturated carbocycles. The molecule has 4 heterocycles. The Kier molecular flexibility index (Phi) is 5.22. The van der Waals surface area contributed by atoms with Gasteiger partial charge in [-0.15, -0.1) is 0 Å². The van der Waals surface area contributed by atoms with Crippen LogP contribution in [0.3, 0.4) is 0 Å². The molecule has 8 rings (SSSR count). The van der Waals surface area contributed by atoms with Crippen molar-refractivity contribution in [1.82, 2.24) is 14.0 Å². The van der Waals surface area contributed by atoms with Crippen molar-refractivity contribution in [2.75, 3.05) is 0 Å². The number of aromatic nitrogens is 3. The molecule has 1 aliphatic rings. The summed E-state index contributed by atoms with van der Waals surface area (Å²) in [6, 6.07) is 38.3. The highest BCUT2D eigenvalue weighted by molar-refractivity contribution is 6.18. The molecule has 6 nitrogen and oxygen atoms in total. The number of fused-ring (bicyclic) bond motifs is 5. The molecule has 196 valence electrons. The van der Waals surface area contributed by atoms with Gasteiger partial charge in [0.05, 0.1) is 33.7 Å². The predicted octanol–water partition coefficient (Wildman–Crippen LogP) is 7.04. The van der Waals surface area contributed by atoms with Gasteiger partial charge in [-0.1, -0.05) is 97.9 Å². The third kappa shape index (κ3) is 3.64. The van der Waals surface area contributed by atoms with Crippen molar-refractivity contribution in [1.29, 1.82) is 0 Å². The molecule has 0 N–H and O–H groups in total. The second-order valence-electron chi connectivity index (χ2n) is 10.5. The fraction of sp³-hybridized carbons (Fsp3) is 0.0857. The summed E-state index contributed by atoms with van der Waals surface area (Å²) in [5.74, 6) is 0.666. The zero-order valence-corrected chi connectivity index (χ0v) is 22.3. The maximum atomic E-state index is 13.6. The van der Waals surface area contributed by atoms with E-state index < -0.39 is 0 Å². The molecular weight excluding hydrogens is 506 g/mol. The molecule has 0 bridgehead atoms. The monoisotopic (exact) mass is 531 g/mol. The van der Waals surface area contributed by atoms with Gasteiger partial charge in [0.1, 0.15) is 5.65 Å². The molecule has 2 unspecified atom stereocenters. The first-order valence-electron chi connectivity index (χ1n) is 13.8. The van der Waals surface area contributed by atoms with E-state index in [4.69, 9.17) is 15.0 Å². The number of pyridine rings is 1. The first kappa shape index (κ1) is 23.5. The molecule has 0 spiro atoms. The topological polar surface area (TPSA) is 64.0 Å². The van der Waals surface area contributed by atoms with E-state index >= 15 is 0 Å². The second kappa shape index (κ2) is 9.10. The molecule has 0 amide bonds. The average molecular weight is 532 g/mol. The second-order valence-corrected chi connectivity index (χ2v) is 10.5. The van der Waals surface area contributed by atoms with Crippen molar-refractivity contribution in [3.05, 3.63) is 143 Å². The largest absolute Gasteiger partial charge is 0.277 e. The van der Waals surface area contributed by atoms with Gasteiger partial charge in [-0.3, -0.25) is 13.8 Å². The van der Waals surface area contributed by atoms with Gasteiger partial charge in [0, 0.05) is 22.9 Å². The van der Waals surface area contributed by atoms with Gasteiger partial charge in [-0.25, -0.2) is 15.0 Å². The third-order valence-corrected chi connectivity index (χ3v) is 8.10. The van der Waals surface area contributed by atoms with Crippen molar-refractivity contribution in [2.45, 2.75) is 13.0 Å². The lowest BCUT2D eigenvalue weighted by Crippen LogP contribution is -2.28. The van der Waals surface area contributed by atoms with E-state index in [1.54, 1.807) is 4.40 Å². The van der Waals surface area contributed by atoms with Crippen LogP contribution in [-0.4, -0.2) is 25.6 Å². The zero-order valence-electron chi connectivity index (χ0n) is 22.3. The van der Waals surface area contributed by atoms with Crippen molar-refractivity contribution in [3.63, 3.8) is 0 Å². The normalized spacial score (nSPS) is 17.3. The van der Waals surface area contributed by atoms with Crippen molar-refractivity contribution < 1.29 is 0 Å². The Balaban J connectivity index is 1.46. The number of nitrogens with zero attached hydrogens (tertiary/aromatic N) is 5. The molecule has 4 aromatic carbocycles. The van der Waals surface area contributed by atoms with Crippen LogP contribution in [0.2, 0.25) is 0 Å². The van der Waals surface area contributed by atoms with E-state index in [1.807, 2.05) is 72.9 Å². The molecule has 3 aromatic heterocycles. The standard InChI is InChI=1S/C35H25N5O/c1-22-32(23-12-4-2-5-13-23)37-35(38-33(22)24-14-6-3-7-15-24)40-29-19-11-9-16-25(29)27-20-31-36-28-18-10-8-17-26(28)34(41)39(31)21-30(27)40/h2-22,32H,1H3. The van der Waals surface area contributed by atoms with Crippen molar-refractivity contribution in [3.8, 4) is 0 Å². The zero-order chi connectivity index (χ0) is 27.5. The Bertz CT molecular complexity index is 2240. The molecule has 41 heavy (non-hydrogen) atoms. The van der Waals surface area contributed by atoms with E-state index in [0.717, 1.165) is 38.6 Å². The Morgan fingerprint density at radius 1 is 0.707 bits per heavy atom. The minimum absolute atomic E-state index is 0.0654. The first-order valence-corrected chi connectivity index (χ1v) is 13.8.